The third kappa shape index (κ3) is 16.4. The van der Waals surface area contributed by atoms with Gasteiger partial charge in [0.2, 0.25) is 47.3 Å². The standard InChI is InChI=1S/C34H54N8O11S/c1-7-17(2)27(38-20(5)45)33(52)37-18(3)30(49)42-28(19(4)44)34(53)40-24(14-21-8-10-22(46)11-9-21)31(50)36-15-26(47)39-23(12-13-54-6)32(51)41-25(16-43)29(35)48/h8-11,17-19,23-25,27-28,43-44,46H,7,12-16H2,1-6H3,(H2,35,48)(H,36,50)(H,37,52)(H,38,45)(H,39,47)(H,40,53)(H,41,51)(H,42,49)/t17-,18-,19+,23-,24-,25-,27-,28-/m0/s1. The summed E-state index contributed by atoms with van der Waals surface area (Å²) >= 11 is 1.38. The Balaban J connectivity index is 3.13. The summed E-state index contributed by atoms with van der Waals surface area (Å²) in [5.74, 6) is -6.27. The number of aliphatic hydroxyl groups is 2. The van der Waals surface area contributed by atoms with Crippen LogP contribution < -0.4 is 43.0 Å². The summed E-state index contributed by atoms with van der Waals surface area (Å²) < 4.78 is 0. The number of aliphatic hydroxyl groups excluding tert-OH is 2. The first-order valence-electron chi connectivity index (χ1n) is 17.3. The number of hydrogen-bond donors (Lipinski definition) is 11. The number of amides is 8. The van der Waals surface area contributed by atoms with Crippen LogP contribution in [0.3, 0.4) is 0 Å². The first-order valence-corrected chi connectivity index (χ1v) is 18.6. The number of thioether (sulfide) groups is 1. The fourth-order valence-electron chi connectivity index (χ4n) is 4.83. The van der Waals surface area contributed by atoms with Gasteiger partial charge in [-0.25, -0.2) is 0 Å². The zero-order valence-electron chi connectivity index (χ0n) is 31.3. The quantitative estimate of drug-likeness (QED) is 0.0519. The van der Waals surface area contributed by atoms with Crippen molar-refractivity contribution in [2.24, 2.45) is 11.7 Å². The van der Waals surface area contributed by atoms with E-state index in [1.165, 1.54) is 56.8 Å². The summed E-state index contributed by atoms with van der Waals surface area (Å²) in [5, 5.41) is 46.5. The lowest BCUT2D eigenvalue weighted by atomic mass is 9.98. The highest BCUT2D eigenvalue weighted by atomic mass is 32.2. The van der Waals surface area contributed by atoms with Crippen LogP contribution >= 0.6 is 11.8 Å². The molecule has 0 spiro atoms. The molecule has 54 heavy (non-hydrogen) atoms. The molecule has 0 bridgehead atoms. The second kappa shape index (κ2) is 23.7. The van der Waals surface area contributed by atoms with Gasteiger partial charge < -0.3 is 58.3 Å². The molecule has 19 nitrogen and oxygen atoms in total. The Morgan fingerprint density at radius 2 is 1.35 bits per heavy atom. The third-order valence-corrected chi connectivity index (χ3v) is 8.85. The Morgan fingerprint density at radius 3 is 1.87 bits per heavy atom. The number of nitrogens with one attached hydrogen (secondary N) is 7. The molecule has 0 aliphatic carbocycles. The molecule has 0 aliphatic rings. The number of carbonyl (C=O) groups is 8. The molecule has 0 heterocycles. The number of phenols is 1. The van der Waals surface area contributed by atoms with Gasteiger partial charge in [-0.3, -0.25) is 38.4 Å². The van der Waals surface area contributed by atoms with Crippen molar-refractivity contribution < 1.29 is 53.7 Å². The molecular weight excluding hydrogens is 728 g/mol. The Labute approximate surface area is 318 Å². The van der Waals surface area contributed by atoms with E-state index >= 15 is 0 Å². The van der Waals surface area contributed by atoms with Crippen LogP contribution in [0.5, 0.6) is 5.75 Å². The van der Waals surface area contributed by atoms with E-state index in [-0.39, 0.29) is 24.5 Å². The molecular formula is C34H54N8O11S. The van der Waals surface area contributed by atoms with Crippen LogP contribution in [0.4, 0.5) is 0 Å². The molecule has 8 amide bonds. The van der Waals surface area contributed by atoms with Gasteiger partial charge in [0.15, 0.2) is 0 Å². The second-order valence-corrected chi connectivity index (χ2v) is 13.7. The van der Waals surface area contributed by atoms with Crippen molar-refractivity contribution in [1.29, 1.82) is 0 Å². The molecule has 8 atom stereocenters. The summed E-state index contributed by atoms with van der Waals surface area (Å²) in [7, 11) is 0. The number of carbonyl (C=O) groups excluding carboxylic acids is 8. The number of aromatic hydroxyl groups is 1. The van der Waals surface area contributed by atoms with Crippen LogP contribution in [-0.2, 0) is 44.8 Å². The highest BCUT2D eigenvalue weighted by Gasteiger charge is 2.33. The van der Waals surface area contributed by atoms with Gasteiger partial charge >= 0.3 is 0 Å². The predicted octanol–water partition coefficient (Wildman–Crippen LogP) is -3.34. The Morgan fingerprint density at radius 1 is 0.759 bits per heavy atom. The molecule has 302 valence electrons. The van der Waals surface area contributed by atoms with Gasteiger partial charge in [-0.15, -0.1) is 0 Å². The van der Waals surface area contributed by atoms with Crippen LogP contribution in [0.1, 0.15) is 53.0 Å². The number of rotatable bonds is 23. The molecule has 20 heteroatoms. The zero-order valence-corrected chi connectivity index (χ0v) is 32.1. The average molecular weight is 783 g/mol. The maximum atomic E-state index is 13.5. The Bertz CT molecular complexity index is 1460. The van der Waals surface area contributed by atoms with E-state index in [2.05, 4.69) is 37.2 Å². The van der Waals surface area contributed by atoms with Crippen molar-refractivity contribution in [2.75, 3.05) is 25.2 Å². The van der Waals surface area contributed by atoms with Crippen molar-refractivity contribution in [2.45, 2.75) is 96.2 Å². The highest BCUT2D eigenvalue weighted by Crippen LogP contribution is 2.12. The van der Waals surface area contributed by atoms with Crippen LogP contribution in [0, 0.1) is 5.92 Å². The van der Waals surface area contributed by atoms with Gasteiger partial charge in [0.05, 0.1) is 19.3 Å². The Kier molecular flexibility index (Phi) is 20.6. The van der Waals surface area contributed by atoms with Gasteiger partial charge in [-0.2, -0.15) is 11.8 Å². The molecule has 12 N–H and O–H groups in total. The molecule has 0 saturated heterocycles. The van der Waals surface area contributed by atoms with Crippen LogP contribution in [0.15, 0.2) is 24.3 Å². The molecule has 1 aromatic rings. The van der Waals surface area contributed by atoms with Gasteiger partial charge in [-0.1, -0.05) is 32.4 Å². The molecule has 0 aromatic heterocycles. The number of nitrogens with two attached hydrogens (primary N) is 1. The maximum Gasteiger partial charge on any atom is 0.245 e. The lowest BCUT2D eigenvalue weighted by Gasteiger charge is -2.27. The fraction of sp³-hybridized carbons (Fsp3) is 0.588. The van der Waals surface area contributed by atoms with Crippen molar-refractivity contribution >= 4 is 59.0 Å². The topological polar surface area (TPSA) is 307 Å². The number of hydrogen-bond acceptors (Lipinski definition) is 12. The van der Waals surface area contributed by atoms with E-state index in [9.17, 15) is 53.7 Å². The van der Waals surface area contributed by atoms with Gasteiger partial charge in [0.1, 0.15) is 42.0 Å². The van der Waals surface area contributed by atoms with Crippen LogP contribution in [0.2, 0.25) is 0 Å². The molecule has 1 aromatic carbocycles. The second-order valence-electron chi connectivity index (χ2n) is 12.7. The molecule has 0 unspecified atom stereocenters. The number of benzene rings is 1. The average Bonchev–Trinajstić information content (AvgIpc) is 3.11. The summed E-state index contributed by atoms with van der Waals surface area (Å²) in [6.45, 7) is 5.97. The van der Waals surface area contributed by atoms with E-state index in [1.54, 1.807) is 13.2 Å². The van der Waals surface area contributed by atoms with E-state index in [4.69, 9.17) is 5.73 Å². The minimum absolute atomic E-state index is 0.0627. The first-order chi connectivity index (χ1) is 25.3. The monoisotopic (exact) mass is 782 g/mol. The highest BCUT2D eigenvalue weighted by molar-refractivity contribution is 7.98. The van der Waals surface area contributed by atoms with E-state index in [1.807, 2.05) is 6.92 Å². The zero-order chi connectivity index (χ0) is 41.1. The SMILES string of the molecule is CC[C@H](C)[C@H](NC(C)=O)C(=O)N[C@@H](C)C(=O)N[C@H](C(=O)N[C@@H](Cc1ccc(O)cc1)C(=O)NCC(=O)N[C@@H](CCSC)C(=O)N[C@@H](CO)C(N)=O)[C@@H](C)O. The lowest BCUT2D eigenvalue weighted by Crippen LogP contribution is -2.61. The molecule has 0 saturated carbocycles. The summed E-state index contributed by atoms with van der Waals surface area (Å²) in [4.78, 5) is 102. The van der Waals surface area contributed by atoms with E-state index in [0.29, 0.717) is 17.7 Å². The lowest BCUT2D eigenvalue weighted by molar-refractivity contribution is -0.136. The summed E-state index contributed by atoms with van der Waals surface area (Å²) in [6, 6.07) is -2.02. The largest absolute Gasteiger partial charge is 0.508 e. The van der Waals surface area contributed by atoms with Gasteiger partial charge in [0.25, 0.3) is 0 Å². The van der Waals surface area contributed by atoms with Gasteiger partial charge in [0, 0.05) is 13.3 Å². The molecule has 1 rings (SSSR count). The molecule has 0 fully saturated rings. The van der Waals surface area contributed by atoms with Crippen molar-refractivity contribution in [3.05, 3.63) is 29.8 Å². The minimum atomic E-state index is -1.62. The third-order valence-electron chi connectivity index (χ3n) is 8.21. The van der Waals surface area contributed by atoms with E-state index in [0.717, 1.165) is 0 Å². The maximum absolute atomic E-state index is 13.5. The summed E-state index contributed by atoms with van der Waals surface area (Å²) in [5.41, 5.74) is 5.65. The number of primary amides is 1. The normalized spacial score (nSPS) is 15.3. The van der Waals surface area contributed by atoms with Crippen molar-refractivity contribution in [3.8, 4) is 5.75 Å². The van der Waals surface area contributed by atoms with Crippen molar-refractivity contribution in [3.63, 3.8) is 0 Å². The van der Waals surface area contributed by atoms with Crippen molar-refractivity contribution in [1.82, 2.24) is 37.2 Å². The molecule has 0 radical (unpaired) electrons. The number of phenolic OH excluding ortho intramolecular Hbond substituents is 1. The van der Waals surface area contributed by atoms with Gasteiger partial charge in [-0.05, 0) is 55.9 Å². The Hall–Kier alpha value is -4.95. The summed E-state index contributed by atoms with van der Waals surface area (Å²) in [6.07, 6.45) is 0.793. The van der Waals surface area contributed by atoms with Crippen LogP contribution in [0.25, 0.3) is 0 Å². The minimum Gasteiger partial charge on any atom is -0.508 e. The fourth-order valence-corrected chi connectivity index (χ4v) is 5.30. The van der Waals surface area contributed by atoms with Crippen LogP contribution in [-0.4, -0.2) is 130 Å². The molecule has 0 aliphatic heterocycles. The smallest absolute Gasteiger partial charge is 0.245 e. The first kappa shape index (κ1) is 47.1. The predicted molar refractivity (Wildman–Crippen MR) is 198 cm³/mol. The van der Waals surface area contributed by atoms with E-state index < -0.39 is 103 Å².